The standard InChI is InChI=1S/C13H14O4/c1-2-10(12(14)15)11(13(16)17)8-9-6-4-3-5-7-9/h3-7H,2,8H2,1H3,(H,14,15)(H,16,17). The number of carboxylic acid groups (broad SMARTS) is 2. The van der Waals surface area contributed by atoms with E-state index in [1.165, 1.54) is 0 Å². The van der Waals surface area contributed by atoms with Crippen molar-refractivity contribution in [1.29, 1.82) is 0 Å². The van der Waals surface area contributed by atoms with Gasteiger partial charge < -0.3 is 10.2 Å². The van der Waals surface area contributed by atoms with E-state index in [9.17, 15) is 9.59 Å². The van der Waals surface area contributed by atoms with E-state index in [4.69, 9.17) is 10.2 Å². The van der Waals surface area contributed by atoms with Crippen LogP contribution in [0.25, 0.3) is 0 Å². The van der Waals surface area contributed by atoms with E-state index in [-0.39, 0.29) is 24.0 Å². The van der Waals surface area contributed by atoms with Crippen LogP contribution in [-0.4, -0.2) is 22.2 Å². The first-order valence-electron chi connectivity index (χ1n) is 5.28. The second kappa shape index (κ2) is 5.84. The molecule has 0 atom stereocenters. The Hall–Kier alpha value is -2.10. The highest BCUT2D eigenvalue weighted by Gasteiger charge is 2.18. The Morgan fingerprint density at radius 2 is 1.53 bits per heavy atom. The van der Waals surface area contributed by atoms with Crippen molar-refractivity contribution in [3.05, 3.63) is 47.0 Å². The van der Waals surface area contributed by atoms with Crippen LogP contribution in [0.4, 0.5) is 0 Å². The highest BCUT2D eigenvalue weighted by atomic mass is 16.4. The lowest BCUT2D eigenvalue weighted by molar-refractivity contribution is -0.136. The molecule has 0 heterocycles. The van der Waals surface area contributed by atoms with Crippen LogP contribution < -0.4 is 0 Å². The maximum Gasteiger partial charge on any atom is 0.332 e. The number of aliphatic carboxylic acids is 2. The Morgan fingerprint density at radius 1 is 1.00 bits per heavy atom. The van der Waals surface area contributed by atoms with Crippen molar-refractivity contribution in [3.8, 4) is 0 Å². The highest BCUT2D eigenvalue weighted by molar-refractivity contribution is 5.99. The summed E-state index contributed by atoms with van der Waals surface area (Å²) >= 11 is 0. The van der Waals surface area contributed by atoms with E-state index in [0.29, 0.717) is 0 Å². The average Bonchev–Trinajstić information content (AvgIpc) is 2.29. The van der Waals surface area contributed by atoms with Gasteiger partial charge in [-0.05, 0) is 12.0 Å². The molecular formula is C13H14O4. The van der Waals surface area contributed by atoms with Gasteiger partial charge in [-0.3, -0.25) is 0 Å². The Balaban J connectivity index is 3.11. The largest absolute Gasteiger partial charge is 0.478 e. The van der Waals surface area contributed by atoms with Gasteiger partial charge in [0, 0.05) is 12.0 Å². The first-order chi connectivity index (χ1) is 8.06. The van der Waals surface area contributed by atoms with E-state index in [0.717, 1.165) is 5.56 Å². The molecule has 0 unspecified atom stereocenters. The molecule has 2 N–H and O–H groups in total. The van der Waals surface area contributed by atoms with Gasteiger partial charge in [-0.15, -0.1) is 0 Å². The number of carboxylic acids is 2. The zero-order chi connectivity index (χ0) is 12.8. The molecule has 0 saturated carbocycles. The molecule has 1 aromatic rings. The van der Waals surface area contributed by atoms with Crippen molar-refractivity contribution < 1.29 is 19.8 Å². The van der Waals surface area contributed by atoms with Crippen LogP contribution in [0.1, 0.15) is 18.9 Å². The quantitative estimate of drug-likeness (QED) is 0.765. The van der Waals surface area contributed by atoms with Crippen molar-refractivity contribution in [2.45, 2.75) is 19.8 Å². The number of hydrogen-bond acceptors (Lipinski definition) is 2. The van der Waals surface area contributed by atoms with Gasteiger partial charge in [-0.2, -0.15) is 0 Å². The van der Waals surface area contributed by atoms with Crippen molar-refractivity contribution in [2.75, 3.05) is 0 Å². The molecule has 0 spiro atoms. The van der Waals surface area contributed by atoms with Gasteiger partial charge in [0.2, 0.25) is 0 Å². The molecule has 4 heteroatoms. The lowest BCUT2D eigenvalue weighted by atomic mass is 9.98. The van der Waals surface area contributed by atoms with E-state index in [1.54, 1.807) is 31.2 Å². The summed E-state index contributed by atoms with van der Waals surface area (Å²) < 4.78 is 0. The van der Waals surface area contributed by atoms with Crippen LogP contribution >= 0.6 is 0 Å². The molecular weight excluding hydrogens is 220 g/mol. The third-order valence-corrected chi connectivity index (χ3v) is 2.46. The van der Waals surface area contributed by atoms with Crippen LogP contribution in [0.5, 0.6) is 0 Å². The van der Waals surface area contributed by atoms with Crippen molar-refractivity contribution in [2.24, 2.45) is 0 Å². The fraction of sp³-hybridized carbons (Fsp3) is 0.231. The summed E-state index contributed by atoms with van der Waals surface area (Å²) in [6.07, 6.45) is 0.329. The van der Waals surface area contributed by atoms with Gasteiger partial charge in [0.05, 0.1) is 5.57 Å². The zero-order valence-corrected chi connectivity index (χ0v) is 9.51. The summed E-state index contributed by atoms with van der Waals surface area (Å²) in [7, 11) is 0. The van der Waals surface area contributed by atoms with Crippen molar-refractivity contribution in [3.63, 3.8) is 0 Å². The molecule has 17 heavy (non-hydrogen) atoms. The first-order valence-corrected chi connectivity index (χ1v) is 5.28. The highest BCUT2D eigenvalue weighted by Crippen LogP contribution is 2.15. The lowest BCUT2D eigenvalue weighted by Crippen LogP contribution is -2.13. The monoisotopic (exact) mass is 234 g/mol. The molecule has 0 aliphatic carbocycles. The third-order valence-electron chi connectivity index (χ3n) is 2.46. The average molecular weight is 234 g/mol. The molecule has 0 saturated heterocycles. The summed E-state index contributed by atoms with van der Waals surface area (Å²) in [5.74, 6) is -2.34. The van der Waals surface area contributed by atoms with Crippen LogP contribution in [0.2, 0.25) is 0 Å². The van der Waals surface area contributed by atoms with Gasteiger partial charge in [0.1, 0.15) is 0 Å². The Morgan fingerprint density at radius 3 is 1.94 bits per heavy atom. The van der Waals surface area contributed by atoms with Crippen LogP contribution in [0.15, 0.2) is 41.5 Å². The zero-order valence-electron chi connectivity index (χ0n) is 9.51. The predicted octanol–water partition coefficient (Wildman–Crippen LogP) is 2.10. The number of carbonyl (C=O) groups is 2. The van der Waals surface area contributed by atoms with Crippen LogP contribution in [0.3, 0.4) is 0 Å². The van der Waals surface area contributed by atoms with Gasteiger partial charge in [0.15, 0.2) is 0 Å². The summed E-state index contributed by atoms with van der Waals surface area (Å²) in [6.45, 7) is 1.64. The maximum absolute atomic E-state index is 11.1. The summed E-state index contributed by atoms with van der Waals surface area (Å²) in [5, 5.41) is 18.0. The lowest BCUT2D eigenvalue weighted by Gasteiger charge is -2.07. The third kappa shape index (κ3) is 3.45. The van der Waals surface area contributed by atoms with E-state index in [1.807, 2.05) is 6.07 Å². The SMILES string of the molecule is CCC(C(=O)O)=C(Cc1ccccc1)C(=O)O. The van der Waals surface area contributed by atoms with Gasteiger partial charge in [-0.1, -0.05) is 37.3 Å². The summed E-state index contributed by atoms with van der Waals surface area (Å²) in [4.78, 5) is 22.0. The van der Waals surface area contributed by atoms with Crippen molar-refractivity contribution >= 4 is 11.9 Å². The van der Waals surface area contributed by atoms with Crippen LogP contribution in [0, 0.1) is 0 Å². The summed E-state index contributed by atoms with van der Waals surface area (Å²) in [5.41, 5.74) is 0.699. The Bertz CT molecular complexity index is 446. The van der Waals surface area contributed by atoms with Gasteiger partial charge >= 0.3 is 11.9 Å². The fourth-order valence-corrected chi connectivity index (χ4v) is 1.61. The molecule has 0 aliphatic heterocycles. The smallest absolute Gasteiger partial charge is 0.332 e. The van der Waals surface area contributed by atoms with E-state index < -0.39 is 11.9 Å². The Kier molecular flexibility index (Phi) is 4.46. The molecule has 0 aliphatic rings. The Labute approximate surface area is 99.2 Å². The fourth-order valence-electron chi connectivity index (χ4n) is 1.61. The number of hydrogen-bond donors (Lipinski definition) is 2. The molecule has 90 valence electrons. The van der Waals surface area contributed by atoms with Crippen molar-refractivity contribution in [1.82, 2.24) is 0 Å². The molecule has 0 fully saturated rings. The normalized spacial score (nSPS) is 11.8. The number of benzene rings is 1. The molecule has 0 radical (unpaired) electrons. The molecule has 0 bridgehead atoms. The topological polar surface area (TPSA) is 74.6 Å². The molecule has 1 rings (SSSR count). The molecule has 1 aromatic carbocycles. The van der Waals surface area contributed by atoms with Gasteiger partial charge in [0.25, 0.3) is 0 Å². The summed E-state index contributed by atoms with van der Waals surface area (Å²) in [6, 6.07) is 8.96. The van der Waals surface area contributed by atoms with Gasteiger partial charge in [-0.25, -0.2) is 9.59 Å². The maximum atomic E-state index is 11.1. The minimum atomic E-state index is -1.17. The predicted molar refractivity (Wildman–Crippen MR) is 62.7 cm³/mol. The molecule has 0 amide bonds. The number of rotatable bonds is 5. The minimum absolute atomic E-state index is 0.0404. The van der Waals surface area contributed by atoms with E-state index >= 15 is 0 Å². The second-order valence-corrected chi connectivity index (χ2v) is 3.58. The molecule has 4 nitrogen and oxygen atoms in total. The first kappa shape index (κ1) is 13.0. The minimum Gasteiger partial charge on any atom is -0.478 e. The van der Waals surface area contributed by atoms with E-state index in [2.05, 4.69) is 0 Å². The second-order valence-electron chi connectivity index (χ2n) is 3.58. The molecule has 0 aromatic heterocycles. The van der Waals surface area contributed by atoms with Crippen LogP contribution in [-0.2, 0) is 16.0 Å².